The molecule has 7 aromatic rings. The van der Waals surface area contributed by atoms with Crippen LogP contribution in [0.5, 0.6) is 0 Å². The Hall–Kier alpha value is -4.15. The van der Waals surface area contributed by atoms with E-state index in [0.717, 1.165) is 56.8 Å². The molecule has 0 saturated heterocycles. The van der Waals surface area contributed by atoms with Crippen LogP contribution in [-0.2, 0) is 26.5 Å². The summed E-state index contributed by atoms with van der Waals surface area (Å²) in [7, 11) is -1.23. The molecule has 3 heterocycles. The van der Waals surface area contributed by atoms with Crippen molar-refractivity contribution in [3.8, 4) is 33.6 Å². The molecule has 0 aliphatic heterocycles. The van der Waals surface area contributed by atoms with Crippen LogP contribution in [0.15, 0.2) is 126 Å². The summed E-state index contributed by atoms with van der Waals surface area (Å²) in [6.45, 7) is 7.00. The number of furan rings is 1. The second kappa shape index (κ2) is 14.9. The zero-order valence-corrected chi connectivity index (χ0v) is 31.2. The Balaban J connectivity index is 0.000000201. The summed E-state index contributed by atoms with van der Waals surface area (Å²) in [6.07, 6.45) is 10.5. The second-order valence-corrected chi connectivity index (χ2v) is 18.7. The number of hydrogen-bond acceptors (Lipinski definition) is 3. The van der Waals surface area contributed by atoms with Crippen molar-refractivity contribution in [1.82, 2.24) is 9.97 Å². The second-order valence-electron chi connectivity index (χ2n) is 13.6. The fourth-order valence-corrected chi connectivity index (χ4v) is 7.71. The first kappa shape index (κ1) is 33.7. The number of pyridine rings is 2. The molecule has 243 valence electrons. The minimum absolute atomic E-state index is 0. The molecule has 0 unspecified atom stereocenters. The van der Waals surface area contributed by atoms with Crippen LogP contribution in [0.25, 0.3) is 55.6 Å². The molecular weight excluding hydrogens is 781 g/mol. The molecule has 1 saturated carbocycles. The Morgan fingerprint density at radius 1 is 0.771 bits per heavy atom. The summed E-state index contributed by atoms with van der Waals surface area (Å²) in [4.78, 5) is 9.21. The Morgan fingerprint density at radius 3 is 2.31 bits per heavy atom. The standard InChI is InChI=1S/C29H24NO.C14H16NSi.Ir/c1-2-10-22(11-3-1)23-12-7-15-27-28(23)25-14-6-13-24(29(25)31-27)26-19-21(16-17-30-26)18-20-8-4-5-9-20;1-16(2,3)13-9-10-14(15-11-13)12-7-5-4-6-8-12;/h1-3,6-7,10-12,14-17,19-20H,4-5,8-9,18H2;4-7,9-11H,1-3H3;/q2*-1;. The van der Waals surface area contributed by atoms with Crippen LogP contribution >= 0.6 is 0 Å². The predicted octanol–water partition coefficient (Wildman–Crippen LogP) is 10.9. The average Bonchev–Trinajstić information content (AvgIpc) is 3.77. The third kappa shape index (κ3) is 7.44. The van der Waals surface area contributed by atoms with Crippen LogP contribution in [-0.4, -0.2) is 18.0 Å². The summed E-state index contributed by atoms with van der Waals surface area (Å²) in [6, 6.07) is 44.1. The molecule has 1 aliphatic rings. The number of nitrogens with zero attached hydrogens (tertiary/aromatic N) is 2. The molecule has 1 fully saturated rings. The summed E-state index contributed by atoms with van der Waals surface area (Å²) >= 11 is 0. The van der Waals surface area contributed by atoms with Gasteiger partial charge in [0.1, 0.15) is 5.58 Å². The van der Waals surface area contributed by atoms with Gasteiger partial charge in [0.2, 0.25) is 0 Å². The van der Waals surface area contributed by atoms with E-state index >= 15 is 0 Å². The molecule has 5 heteroatoms. The van der Waals surface area contributed by atoms with Crippen molar-refractivity contribution >= 4 is 35.2 Å². The van der Waals surface area contributed by atoms with E-state index in [4.69, 9.17) is 9.40 Å². The topological polar surface area (TPSA) is 38.9 Å². The van der Waals surface area contributed by atoms with Crippen molar-refractivity contribution < 1.29 is 24.5 Å². The van der Waals surface area contributed by atoms with Crippen LogP contribution in [0.4, 0.5) is 0 Å². The number of aromatic nitrogens is 2. The molecule has 1 radical (unpaired) electrons. The number of fused-ring (bicyclic) bond motifs is 3. The number of hydrogen-bond donors (Lipinski definition) is 0. The van der Waals surface area contributed by atoms with Gasteiger partial charge in [-0.1, -0.05) is 123 Å². The quantitative estimate of drug-likeness (QED) is 0.124. The Morgan fingerprint density at radius 2 is 1.58 bits per heavy atom. The molecule has 0 N–H and O–H groups in total. The van der Waals surface area contributed by atoms with Crippen molar-refractivity contribution in [3.05, 3.63) is 139 Å². The van der Waals surface area contributed by atoms with Crippen LogP contribution < -0.4 is 5.19 Å². The summed E-state index contributed by atoms with van der Waals surface area (Å²) in [5.74, 6) is 0.814. The van der Waals surface area contributed by atoms with Crippen LogP contribution in [0, 0.1) is 18.1 Å². The maximum absolute atomic E-state index is 6.40. The molecule has 0 atom stereocenters. The van der Waals surface area contributed by atoms with Gasteiger partial charge in [-0.25, -0.2) is 0 Å². The van der Waals surface area contributed by atoms with Gasteiger partial charge in [0.25, 0.3) is 0 Å². The first-order chi connectivity index (χ1) is 22.9. The molecule has 3 aromatic heterocycles. The van der Waals surface area contributed by atoms with E-state index in [0.29, 0.717) is 0 Å². The molecular formula is C43H40IrN2OSi-2. The van der Waals surface area contributed by atoms with Crippen molar-refractivity contribution in [1.29, 1.82) is 0 Å². The molecule has 4 aromatic carbocycles. The van der Waals surface area contributed by atoms with E-state index in [-0.39, 0.29) is 20.1 Å². The number of rotatable bonds is 6. The van der Waals surface area contributed by atoms with E-state index in [9.17, 15) is 0 Å². The monoisotopic (exact) mass is 821 g/mol. The van der Waals surface area contributed by atoms with E-state index in [1.807, 2.05) is 42.7 Å². The summed E-state index contributed by atoms with van der Waals surface area (Å²) in [5.41, 5.74) is 9.47. The predicted molar refractivity (Wildman–Crippen MR) is 198 cm³/mol. The minimum Gasteiger partial charge on any atom is -0.501 e. The maximum atomic E-state index is 6.40. The molecule has 0 spiro atoms. The van der Waals surface area contributed by atoms with Crippen molar-refractivity contribution in [2.24, 2.45) is 5.92 Å². The van der Waals surface area contributed by atoms with E-state index < -0.39 is 8.07 Å². The van der Waals surface area contributed by atoms with Gasteiger partial charge in [-0.15, -0.1) is 54.1 Å². The normalized spacial score (nSPS) is 13.2. The zero-order valence-electron chi connectivity index (χ0n) is 27.8. The van der Waals surface area contributed by atoms with Gasteiger partial charge >= 0.3 is 0 Å². The Bertz CT molecular complexity index is 2100. The van der Waals surface area contributed by atoms with Crippen molar-refractivity contribution in [3.63, 3.8) is 0 Å². The van der Waals surface area contributed by atoms with E-state index in [1.54, 1.807) is 0 Å². The Kier molecular flexibility index (Phi) is 10.5. The van der Waals surface area contributed by atoms with Crippen LogP contribution in [0.3, 0.4) is 0 Å². The molecule has 3 nitrogen and oxygen atoms in total. The fraction of sp³-hybridized carbons (Fsp3) is 0.209. The van der Waals surface area contributed by atoms with Crippen molar-refractivity contribution in [2.75, 3.05) is 0 Å². The first-order valence-corrected chi connectivity index (χ1v) is 20.2. The molecule has 0 amide bonds. The van der Waals surface area contributed by atoms with Gasteiger partial charge < -0.3 is 14.4 Å². The maximum Gasteiger partial charge on any atom is 0.121 e. The molecule has 48 heavy (non-hydrogen) atoms. The largest absolute Gasteiger partial charge is 0.501 e. The fourth-order valence-electron chi connectivity index (χ4n) is 6.67. The van der Waals surface area contributed by atoms with Crippen molar-refractivity contribution in [2.45, 2.75) is 51.7 Å². The van der Waals surface area contributed by atoms with Gasteiger partial charge in [-0.2, -0.15) is 0 Å². The summed E-state index contributed by atoms with van der Waals surface area (Å²) < 4.78 is 6.40. The first-order valence-electron chi connectivity index (χ1n) is 16.7. The van der Waals surface area contributed by atoms with E-state index in [1.165, 1.54) is 47.6 Å². The molecule has 8 rings (SSSR count). The average molecular weight is 821 g/mol. The van der Waals surface area contributed by atoms with E-state index in [2.05, 4.69) is 116 Å². The third-order valence-electron chi connectivity index (χ3n) is 9.24. The Labute approximate surface area is 298 Å². The van der Waals surface area contributed by atoms with Crippen LogP contribution in [0.2, 0.25) is 19.6 Å². The SMILES string of the molecule is C[Si](C)(C)c1ccc(-c2[c-]cccc2)nc1.[Ir].[c-]1ccc2c(oc3cccc(-c4ccccc4)c32)c1-c1cc(CC2CCCC2)ccn1. The number of benzene rings is 4. The summed E-state index contributed by atoms with van der Waals surface area (Å²) in [5, 5.41) is 3.67. The molecule has 0 bridgehead atoms. The van der Waals surface area contributed by atoms with Gasteiger partial charge in [0.15, 0.2) is 0 Å². The van der Waals surface area contributed by atoms with Gasteiger partial charge in [0, 0.05) is 37.9 Å². The zero-order chi connectivity index (χ0) is 32.2. The van der Waals surface area contributed by atoms with Crippen LogP contribution in [0.1, 0.15) is 31.2 Å². The molecule has 1 aliphatic carbocycles. The van der Waals surface area contributed by atoms with Gasteiger partial charge in [-0.05, 0) is 52.2 Å². The smallest absolute Gasteiger partial charge is 0.121 e. The van der Waals surface area contributed by atoms with Gasteiger partial charge in [-0.3, -0.25) is 0 Å². The minimum atomic E-state index is -1.23. The van der Waals surface area contributed by atoms with Gasteiger partial charge in [0.05, 0.1) is 13.7 Å². The third-order valence-corrected chi connectivity index (χ3v) is 11.3.